The van der Waals surface area contributed by atoms with E-state index in [1.165, 1.54) is 35.1 Å². The van der Waals surface area contributed by atoms with Gasteiger partial charge in [0, 0.05) is 25.2 Å². The van der Waals surface area contributed by atoms with Crippen molar-refractivity contribution >= 4 is 16.9 Å². The number of imidazole rings is 1. The predicted octanol–water partition coefficient (Wildman–Crippen LogP) is 2.22. The Morgan fingerprint density at radius 2 is 1.86 bits per heavy atom. The first-order chi connectivity index (χ1) is 13.9. The minimum atomic E-state index is -0.670. The maximum Gasteiger partial charge on any atom is 0.286 e. The van der Waals surface area contributed by atoms with Crippen molar-refractivity contribution in [3.63, 3.8) is 0 Å². The zero-order valence-corrected chi connectivity index (χ0v) is 16.6. The van der Waals surface area contributed by atoms with E-state index in [2.05, 4.69) is 54.8 Å². The Morgan fingerprint density at radius 3 is 2.48 bits per heavy atom. The average Bonchev–Trinajstić information content (AvgIpc) is 3.43. The van der Waals surface area contributed by atoms with Gasteiger partial charge in [0.05, 0.1) is 11.0 Å². The number of carbonyl (C=O) groups excluding carboxylic acids is 1. The Hall–Kier alpha value is -3.62. The molecule has 3 heterocycles. The lowest BCUT2D eigenvalue weighted by Crippen LogP contribution is -2.16. The van der Waals surface area contributed by atoms with E-state index in [9.17, 15) is 4.79 Å². The second-order valence-corrected chi connectivity index (χ2v) is 7.01. The quantitative estimate of drug-likeness (QED) is 0.573. The Morgan fingerprint density at radius 1 is 1.10 bits per heavy atom. The number of carbonyl (C=O) groups is 1. The van der Waals surface area contributed by atoms with Crippen LogP contribution in [-0.2, 0) is 7.05 Å². The molecule has 0 radical (unpaired) electrons. The molecule has 148 valence electrons. The molecule has 0 aliphatic heterocycles. The molecular weight excluding hydrogens is 368 g/mol. The fourth-order valence-electron chi connectivity index (χ4n) is 3.19. The van der Waals surface area contributed by atoms with E-state index in [0.29, 0.717) is 17.5 Å². The Balaban J connectivity index is 0.000000144. The molecule has 29 heavy (non-hydrogen) atoms. The molecule has 2 N–H and O–H groups in total. The molecule has 9 nitrogen and oxygen atoms in total. The Labute approximate surface area is 167 Å². The second kappa shape index (κ2) is 7.42. The van der Waals surface area contributed by atoms with Crippen molar-refractivity contribution in [3.05, 3.63) is 59.8 Å². The van der Waals surface area contributed by atoms with Crippen LogP contribution in [0.4, 0.5) is 0 Å². The summed E-state index contributed by atoms with van der Waals surface area (Å²) in [5, 5.41) is 4.14. The molecule has 1 amide bonds. The van der Waals surface area contributed by atoms with Gasteiger partial charge in [0.2, 0.25) is 5.82 Å². The van der Waals surface area contributed by atoms with Crippen LogP contribution in [0.15, 0.2) is 36.5 Å². The van der Waals surface area contributed by atoms with Crippen molar-refractivity contribution in [2.45, 2.75) is 32.6 Å². The molecule has 1 aliphatic carbocycles. The fraction of sp³-hybridized carbons (Fsp3) is 0.300. The summed E-state index contributed by atoms with van der Waals surface area (Å²) in [5.74, 6) is 3.09. The van der Waals surface area contributed by atoms with Gasteiger partial charge in [-0.2, -0.15) is 4.68 Å². The van der Waals surface area contributed by atoms with Crippen LogP contribution in [0.1, 0.15) is 46.9 Å². The summed E-state index contributed by atoms with van der Waals surface area (Å²) < 4.78 is 3.76. The van der Waals surface area contributed by atoms with Gasteiger partial charge in [-0.15, -0.1) is 5.10 Å². The van der Waals surface area contributed by atoms with Gasteiger partial charge in [-0.3, -0.25) is 4.79 Å². The number of nitrogens with two attached hydrogens (primary N) is 1. The number of fused-ring (bicyclic) bond motifs is 1. The topological polar surface area (TPSA) is 117 Å². The van der Waals surface area contributed by atoms with Crippen LogP contribution in [0.2, 0.25) is 0 Å². The van der Waals surface area contributed by atoms with Crippen LogP contribution in [-0.4, -0.2) is 40.2 Å². The van der Waals surface area contributed by atoms with Gasteiger partial charge in [0.1, 0.15) is 17.5 Å². The van der Waals surface area contributed by atoms with Gasteiger partial charge in [-0.25, -0.2) is 19.9 Å². The van der Waals surface area contributed by atoms with E-state index in [1.807, 2.05) is 6.07 Å². The molecule has 9 heteroatoms. The van der Waals surface area contributed by atoms with Gasteiger partial charge in [-0.1, -0.05) is 12.1 Å². The SMILES string of the molecule is Cc1nc(C)n(-c2ccnc(C(N)=O)n2)n1.Cn1c(C2CC2)nc2ccccc21. The predicted molar refractivity (Wildman–Crippen MR) is 108 cm³/mol. The maximum atomic E-state index is 10.9. The van der Waals surface area contributed by atoms with Gasteiger partial charge < -0.3 is 10.3 Å². The molecule has 0 unspecified atom stereocenters. The third-order valence-corrected chi connectivity index (χ3v) is 4.72. The summed E-state index contributed by atoms with van der Waals surface area (Å²) in [6.45, 7) is 3.58. The zero-order chi connectivity index (χ0) is 20.5. The number of hydrogen-bond donors (Lipinski definition) is 1. The van der Waals surface area contributed by atoms with E-state index >= 15 is 0 Å². The highest BCUT2D eigenvalue weighted by Crippen LogP contribution is 2.40. The fourth-order valence-corrected chi connectivity index (χ4v) is 3.19. The maximum absolute atomic E-state index is 10.9. The van der Waals surface area contributed by atoms with E-state index in [4.69, 9.17) is 5.73 Å². The lowest BCUT2D eigenvalue weighted by atomic mass is 10.3. The van der Waals surface area contributed by atoms with Crippen LogP contribution < -0.4 is 5.73 Å². The highest BCUT2D eigenvalue weighted by molar-refractivity contribution is 5.88. The number of benzene rings is 1. The van der Waals surface area contributed by atoms with E-state index < -0.39 is 5.91 Å². The van der Waals surface area contributed by atoms with Crippen molar-refractivity contribution in [2.24, 2.45) is 12.8 Å². The van der Waals surface area contributed by atoms with Crippen molar-refractivity contribution < 1.29 is 4.79 Å². The standard InChI is InChI=1S/C11H12N2.C9H10N6O/c1-13-10-5-3-2-4-9(10)12-11(13)8-6-7-8;1-5-12-6(2)15(14-5)7-3-4-11-9(13-7)8(10)16/h2-5,8H,6-7H2,1H3;3-4H,1-2H3,(H2,10,16). The first-order valence-electron chi connectivity index (χ1n) is 9.39. The molecule has 1 fully saturated rings. The lowest BCUT2D eigenvalue weighted by Gasteiger charge is -2.01. The number of primary amides is 1. The zero-order valence-electron chi connectivity index (χ0n) is 16.6. The number of aryl methyl sites for hydroxylation is 3. The molecule has 3 aromatic heterocycles. The monoisotopic (exact) mass is 390 g/mol. The van der Waals surface area contributed by atoms with Gasteiger partial charge in [0.25, 0.3) is 5.91 Å². The minimum absolute atomic E-state index is 0.0370. The second-order valence-electron chi connectivity index (χ2n) is 7.01. The van der Waals surface area contributed by atoms with E-state index in [1.54, 1.807) is 19.9 Å². The summed E-state index contributed by atoms with van der Waals surface area (Å²) in [6, 6.07) is 9.97. The molecule has 0 spiro atoms. The normalized spacial score (nSPS) is 13.2. The van der Waals surface area contributed by atoms with Crippen LogP contribution in [0.25, 0.3) is 16.9 Å². The van der Waals surface area contributed by atoms with E-state index in [-0.39, 0.29) is 5.82 Å². The first-order valence-corrected chi connectivity index (χ1v) is 9.39. The molecule has 0 atom stereocenters. The number of amides is 1. The van der Waals surface area contributed by atoms with Crippen LogP contribution in [0.3, 0.4) is 0 Å². The molecule has 4 aromatic rings. The van der Waals surface area contributed by atoms with Gasteiger partial charge in [0.15, 0.2) is 5.82 Å². The molecule has 5 rings (SSSR count). The van der Waals surface area contributed by atoms with E-state index in [0.717, 1.165) is 11.4 Å². The lowest BCUT2D eigenvalue weighted by molar-refractivity contribution is 0.0990. The Bertz CT molecular complexity index is 1190. The third kappa shape index (κ3) is 3.84. The van der Waals surface area contributed by atoms with Gasteiger partial charge in [-0.05, 0) is 38.8 Å². The van der Waals surface area contributed by atoms with Crippen molar-refractivity contribution in [1.29, 1.82) is 0 Å². The molecular formula is C20H22N8O. The number of para-hydroxylation sites is 2. The highest BCUT2D eigenvalue weighted by atomic mass is 16.1. The summed E-state index contributed by atoms with van der Waals surface area (Å²) in [4.78, 5) is 27.4. The van der Waals surface area contributed by atoms with Crippen molar-refractivity contribution in [3.8, 4) is 5.82 Å². The van der Waals surface area contributed by atoms with Crippen molar-refractivity contribution in [2.75, 3.05) is 0 Å². The molecule has 1 saturated carbocycles. The van der Waals surface area contributed by atoms with Gasteiger partial charge >= 0.3 is 0 Å². The molecule has 0 saturated heterocycles. The Kier molecular flexibility index (Phi) is 4.79. The number of nitrogens with zero attached hydrogens (tertiary/aromatic N) is 7. The van der Waals surface area contributed by atoms with Crippen LogP contribution in [0, 0.1) is 13.8 Å². The van der Waals surface area contributed by atoms with Crippen LogP contribution >= 0.6 is 0 Å². The molecule has 1 aliphatic rings. The smallest absolute Gasteiger partial charge is 0.286 e. The third-order valence-electron chi connectivity index (χ3n) is 4.72. The first kappa shape index (κ1) is 18.7. The largest absolute Gasteiger partial charge is 0.363 e. The molecule has 1 aromatic carbocycles. The number of aromatic nitrogens is 7. The summed E-state index contributed by atoms with van der Waals surface area (Å²) in [6.07, 6.45) is 4.09. The van der Waals surface area contributed by atoms with Crippen molar-refractivity contribution in [1.82, 2.24) is 34.3 Å². The summed E-state index contributed by atoms with van der Waals surface area (Å²) in [5.41, 5.74) is 7.48. The average molecular weight is 390 g/mol. The number of rotatable bonds is 3. The summed E-state index contributed by atoms with van der Waals surface area (Å²) >= 11 is 0. The minimum Gasteiger partial charge on any atom is -0.363 e. The highest BCUT2D eigenvalue weighted by Gasteiger charge is 2.28. The van der Waals surface area contributed by atoms with Crippen LogP contribution in [0.5, 0.6) is 0 Å². The summed E-state index contributed by atoms with van der Waals surface area (Å²) in [7, 11) is 2.11. The molecule has 0 bridgehead atoms. The number of hydrogen-bond acceptors (Lipinski definition) is 6.